The molecule has 86 valence electrons. The third-order valence-electron chi connectivity index (χ3n) is 3.12. The Kier molecular flexibility index (Phi) is 2.48. The minimum atomic E-state index is -0.315. The predicted molar refractivity (Wildman–Crippen MR) is 73.9 cm³/mol. The highest BCUT2D eigenvalue weighted by Gasteiger charge is 2.36. The number of halogens is 2. The summed E-state index contributed by atoms with van der Waals surface area (Å²) in [6, 6.07) is 9.37. The summed E-state index contributed by atoms with van der Waals surface area (Å²) in [5, 5.41) is 13.1. The average Bonchev–Trinajstić information content (AvgIpc) is 2.57. The lowest BCUT2D eigenvalue weighted by atomic mass is 10.0. The van der Waals surface area contributed by atoms with Crippen LogP contribution in [0.15, 0.2) is 30.3 Å². The van der Waals surface area contributed by atoms with E-state index in [1.165, 1.54) is 0 Å². The molecule has 2 atom stereocenters. The Labute approximate surface area is 114 Å². The van der Waals surface area contributed by atoms with Gasteiger partial charge in [-0.15, -0.1) is 0 Å². The normalized spacial score (nSPS) is 22.0. The largest absolute Gasteiger partial charge is 0.274 e. The van der Waals surface area contributed by atoms with Crippen LogP contribution >= 0.6 is 31.9 Å². The molecule has 0 spiro atoms. The van der Waals surface area contributed by atoms with Crippen molar-refractivity contribution in [2.45, 2.75) is 9.65 Å². The van der Waals surface area contributed by atoms with Crippen molar-refractivity contribution in [3.05, 3.63) is 51.6 Å². The van der Waals surface area contributed by atoms with Crippen LogP contribution < -0.4 is 0 Å². The smallest absolute Gasteiger partial charge is 0.258 e. The van der Waals surface area contributed by atoms with Crippen LogP contribution in [0.4, 0.5) is 5.69 Å². The maximum absolute atomic E-state index is 11.1. The molecule has 3 nitrogen and oxygen atoms in total. The Morgan fingerprint density at radius 1 is 1.12 bits per heavy atom. The fourth-order valence-electron chi connectivity index (χ4n) is 2.40. The summed E-state index contributed by atoms with van der Waals surface area (Å²) in [6.07, 6.45) is 0. The number of nitrogens with zero attached hydrogens (tertiary/aromatic N) is 1. The van der Waals surface area contributed by atoms with E-state index in [0.29, 0.717) is 0 Å². The highest BCUT2D eigenvalue weighted by atomic mass is 79.9. The van der Waals surface area contributed by atoms with Crippen molar-refractivity contribution in [3.8, 4) is 0 Å². The zero-order valence-corrected chi connectivity index (χ0v) is 11.7. The number of hydrogen-bond acceptors (Lipinski definition) is 2. The molecule has 0 aliphatic heterocycles. The Morgan fingerprint density at radius 2 is 1.88 bits per heavy atom. The first kappa shape index (κ1) is 11.2. The van der Waals surface area contributed by atoms with E-state index in [4.69, 9.17) is 0 Å². The van der Waals surface area contributed by atoms with Gasteiger partial charge in [-0.3, -0.25) is 10.1 Å². The molecule has 0 saturated heterocycles. The second kappa shape index (κ2) is 3.78. The van der Waals surface area contributed by atoms with Crippen LogP contribution in [-0.2, 0) is 0 Å². The Hall–Kier alpha value is -0.940. The van der Waals surface area contributed by atoms with Crippen molar-refractivity contribution in [1.29, 1.82) is 0 Å². The van der Waals surface area contributed by atoms with Gasteiger partial charge >= 0.3 is 0 Å². The van der Waals surface area contributed by atoms with Gasteiger partial charge in [0.25, 0.3) is 5.69 Å². The van der Waals surface area contributed by atoms with Crippen molar-refractivity contribution >= 4 is 48.3 Å². The van der Waals surface area contributed by atoms with Crippen molar-refractivity contribution in [2.24, 2.45) is 0 Å². The number of hydrogen-bond donors (Lipinski definition) is 0. The molecule has 2 aromatic carbocycles. The van der Waals surface area contributed by atoms with Crippen LogP contribution in [0.25, 0.3) is 10.8 Å². The molecule has 0 bridgehead atoms. The van der Waals surface area contributed by atoms with Crippen LogP contribution in [0, 0.1) is 10.1 Å². The van der Waals surface area contributed by atoms with Crippen molar-refractivity contribution in [1.82, 2.24) is 0 Å². The lowest BCUT2D eigenvalue weighted by Crippen LogP contribution is -1.96. The number of benzene rings is 2. The minimum Gasteiger partial charge on any atom is -0.258 e. The van der Waals surface area contributed by atoms with Crippen LogP contribution in [0.3, 0.4) is 0 Å². The molecule has 0 N–H and O–H groups in total. The molecule has 1 aliphatic carbocycles. The molecule has 2 aromatic rings. The molecular weight excluding hydrogens is 350 g/mol. The second-order valence-corrected chi connectivity index (χ2v) is 5.98. The van der Waals surface area contributed by atoms with E-state index in [2.05, 4.69) is 31.9 Å². The third-order valence-corrected chi connectivity index (χ3v) is 5.84. The van der Waals surface area contributed by atoms with E-state index in [-0.39, 0.29) is 20.3 Å². The molecule has 17 heavy (non-hydrogen) atoms. The van der Waals surface area contributed by atoms with Gasteiger partial charge in [-0.05, 0) is 22.4 Å². The van der Waals surface area contributed by atoms with Gasteiger partial charge in [0.1, 0.15) is 0 Å². The molecule has 3 rings (SSSR count). The summed E-state index contributed by atoms with van der Waals surface area (Å²) in [7, 11) is 0. The van der Waals surface area contributed by atoms with Gasteiger partial charge in [0.2, 0.25) is 0 Å². The van der Waals surface area contributed by atoms with Gasteiger partial charge in [0.05, 0.1) is 20.1 Å². The molecule has 0 radical (unpaired) electrons. The number of rotatable bonds is 1. The topological polar surface area (TPSA) is 43.1 Å². The third kappa shape index (κ3) is 1.45. The second-order valence-electron chi connectivity index (χ2n) is 4.00. The van der Waals surface area contributed by atoms with E-state index in [1.54, 1.807) is 6.07 Å². The summed E-state index contributed by atoms with van der Waals surface area (Å²) in [5.74, 6) is 0. The number of alkyl halides is 2. The standard InChI is InChI=1S/C12H7Br2NO2/c13-11-7-3-1-2-6-4-5-8(15(16)17)10(9(6)7)12(11)14/h1-5,11-12H/t11-,12-/m0/s1. The summed E-state index contributed by atoms with van der Waals surface area (Å²) in [4.78, 5) is 10.8. The minimum absolute atomic E-state index is 0.0519. The average molecular weight is 357 g/mol. The quantitative estimate of drug-likeness (QED) is 0.424. The lowest BCUT2D eigenvalue weighted by molar-refractivity contribution is -0.385. The molecule has 1 aliphatic rings. The van der Waals surface area contributed by atoms with E-state index in [0.717, 1.165) is 21.9 Å². The van der Waals surface area contributed by atoms with Crippen LogP contribution in [-0.4, -0.2) is 4.92 Å². The summed E-state index contributed by atoms with van der Waals surface area (Å²) >= 11 is 7.14. The lowest BCUT2D eigenvalue weighted by Gasteiger charge is -2.07. The summed E-state index contributed by atoms with van der Waals surface area (Å²) < 4.78 is 0. The molecule has 0 amide bonds. The van der Waals surface area contributed by atoms with Crippen LogP contribution in [0.5, 0.6) is 0 Å². The van der Waals surface area contributed by atoms with Gasteiger partial charge in [-0.25, -0.2) is 0 Å². The van der Waals surface area contributed by atoms with Crippen molar-refractivity contribution in [2.75, 3.05) is 0 Å². The Balaban J connectivity index is 2.47. The molecule has 0 aromatic heterocycles. The highest BCUT2D eigenvalue weighted by molar-refractivity contribution is 9.12. The van der Waals surface area contributed by atoms with E-state index in [1.807, 2.05) is 24.3 Å². The maximum Gasteiger partial charge on any atom is 0.274 e. The van der Waals surface area contributed by atoms with Gasteiger partial charge in [0, 0.05) is 6.07 Å². The summed E-state index contributed by atoms with van der Waals surface area (Å²) in [6.45, 7) is 0. The van der Waals surface area contributed by atoms with E-state index < -0.39 is 0 Å². The first-order chi connectivity index (χ1) is 8.11. The SMILES string of the molecule is O=[N+]([O-])c1ccc2cccc3c2c1[C@H](Br)[C@H]3Br. The van der Waals surface area contributed by atoms with Crippen LogP contribution in [0.1, 0.15) is 20.8 Å². The fraction of sp³-hybridized carbons (Fsp3) is 0.167. The number of nitro groups is 1. The fourth-order valence-corrected chi connectivity index (χ4v) is 3.79. The zero-order chi connectivity index (χ0) is 12.2. The van der Waals surface area contributed by atoms with Gasteiger partial charge < -0.3 is 0 Å². The Morgan fingerprint density at radius 3 is 2.59 bits per heavy atom. The summed E-state index contributed by atoms with van der Waals surface area (Å²) in [5.41, 5.74) is 2.09. The molecule has 0 heterocycles. The van der Waals surface area contributed by atoms with Gasteiger partial charge in [-0.1, -0.05) is 50.1 Å². The first-order valence-electron chi connectivity index (χ1n) is 5.09. The molecule has 0 saturated carbocycles. The monoisotopic (exact) mass is 355 g/mol. The van der Waals surface area contributed by atoms with Gasteiger partial charge in [0.15, 0.2) is 0 Å². The van der Waals surface area contributed by atoms with Gasteiger partial charge in [-0.2, -0.15) is 0 Å². The molecule has 0 fully saturated rings. The molecule has 5 heteroatoms. The zero-order valence-electron chi connectivity index (χ0n) is 8.56. The number of nitro benzene ring substituents is 1. The van der Waals surface area contributed by atoms with E-state index in [9.17, 15) is 10.1 Å². The van der Waals surface area contributed by atoms with Crippen LogP contribution in [0.2, 0.25) is 0 Å². The highest BCUT2D eigenvalue weighted by Crippen LogP contribution is 2.55. The maximum atomic E-state index is 11.1. The van der Waals surface area contributed by atoms with Crippen molar-refractivity contribution in [3.63, 3.8) is 0 Å². The molecule has 0 unspecified atom stereocenters. The Bertz CT molecular complexity index is 642. The van der Waals surface area contributed by atoms with E-state index >= 15 is 0 Å². The van der Waals surface area contributed by atoms with Crippen molar-refractivity contribution < 1.29 is 4.92 Å². The first-order valence-corrected chi connectivity index (χ1v) is 6.92. The molecular formula is C12H7Br2NO2. The predicted octanol–water partition coefficient (Wildman–Crippen LogP) is 4.63.